The van der Waals surface area contributed by atoms with Crippen molar-refractivity contribution in [3.8, 4) is 0 Å². The number of alkyl carbamates (subject to hydrolysis) is 1. The molecule has 1 amide bonds. The maximum atomic E-state index is 11.9. The van der Waals surface area contributed by atoms with Gasteiger partial charge in [0, 0.05) is 15.1 Å². The van der Waals surface area contributed by atoms with Crippen molar-refractivity contribution >= 4 is 33.8 Å². The molecule has 2 aromatic carbocycles. The first kappa shape index (κ1) is 14.5. The summed E-state index contributed by atoms with van der Waals surface area (Å²) in [5, 5.41) is 2.93. The van der Waals surface area contributed by atoms with Crippen LogP contribution < -0.4 is 5.32 Å². The van der Waals surface area contributed by atoms with E-state index in [-0.39, 0.29) is 18.7 Å². The highest BCUT2D eigenvalue weighted by Gasteiger charge is 2.25. The highest BCUT2D eigenvalue weighted by atomic mass is 79.9. The lowest BCUT2D eigenvalue weighted by atomic mass is 10.1. The Balaban J connectivity index is 1.58. The van der Waals surface area contributed by atoms with Gasteiger partial charge in [-0.25, -0.2) is 4.79 Å². The summed E-state index contributed by atoms with van der Waals surface area (Å²) >= 11 is 5.22. The molecule has 3 nitrogen and oxygen atoms in total. The highest BCUT2D eigenvalue weighted by Crippen LogP contribution is 2.39. The molecule has 1 aliphatic heterocycles. The Morgan fingerprint density at radius 2 is 2.10 bits per heavy atom. The molecular formula is C16H14BrNO2S. The van der Waals surface area contributed by atoms with Crippen molar-refractivity contribution in [1.29, 1.82) is 0 Å². The van der Waals surface area contributed by atoms with E-state index in [9.17, 15) is 4.79 Å². The monoisotopic (exact) mass is 363 g/mol. The molecule has 0 saturated heterocycles. The van der Waals surface area contributed by atoms with Gasteiger partial charge in [0.1, 0.15) is 6.61 Å². The Labute approximate surface area is 136 Å². The van der Waals surface area contributed by atoms with Gasteiger partial charge in [0.15, 0.2) is 0 Å². The van der Waals surface area contributed by atoms with Gasteiger partial charge < -0.3 is 10.1 Å². The van der Waals surface area contributed by atoms with Crippen LogP contribution in [0.5, 0.6) is 0 Å². The average Bonchev–Trinajstić information content (AvgIpc) is 2.88. The van der Waals surface area contributed by atoms with Crippen molar-refractivity contribution in [1.82, 2.24) is 5.32 Å². The van der Waals surface area contributed by atoms with Crippen molar-refractivity contribution in [3.05, 3.63) is 64.1 Å². The molecule has 1 heterocycles. The smallest absolute Gasteiger partial charge is 0.407 e. The quantitative estimate of drug-likeness (QED) is 0.870. The SMILES string of the molecule is O=C(NC1CSc2ccc(Br)cc21)OCc1ccccc1. The lowest BCUT2D eigenvalue weighted by Crippen LogP contribution is -2.29. The largest absolute Gasteiger partial charge is 0.445 e. The van der Waals surface area contributed by atoms with E-state index >= 15 is 0 Å². The van der Waals surface area contributed by atoms with Crippen LogP contribution in [-0.2, 0) is 11.3 Å². The fourth-order valence-electron chi connectivity index (χ4n) is 2.21. The maximum Gasteiger partial charge on any atom is 0.407 e. The number of ether oxygens (including phenoxy) is 1. The van der Waals surface area contributed by atoms with Gasteiger partial charge in [0.25, 0.3) is 0 Å². The predicted molar refractivity (Wildman–Crippen MR) is 87.4 cm³/mol. The first-order valence-electron chi connectivity index (χ1n) is 6.62. The molecule has 2 aromatic rings. The molecule has 21 heavy (non-hydrogen) atoms. The van der Waals surface area contributed by atoms with Crippen molar-refractivity contribution in [2.45, 2.75) is 17.5 Å². The average molecular weight is 364 g/mol. The minimum Gasteiger partial charge on any atom is -0.445 e. The van der Waals surface area contributed by atoms with Crippen LogP contribution in [0.3, 0.4) is 0 Å². The number of carbonyl (C=O) groups is 1. The number of benzene rings is 2. The standard InChI is InChI=1S/C16H14BrNO2S/c17-12-6-7-15-13(8-12)14(10-21-15)18-16(19)20-9-11-4-2-1-3-5-11/h1-8,14H,9-10H2,(H,18,19). The topological polar surface area (TPSA) is 38.3 Å². The summed E-state index contributed by atoms with van der Waals surface area (Å²) in [6.45, 7) is 0.290. The van der Waals surface area contributed by atoms with Crippen molar-refractivity contribution in [2.24, 2.45) is 0 Å². The number of hydrogen-bond acceptors (Lipinski definition) is 3. The molecule has 1 aliphatic rings. The Morgan fingerprint density at radius 3 is 2.90 bits per heavy atom. The van der Waals surface area contributed by atoms with Crippen LogP contribution in [0, 0.1) is 0 Å². The van der Waals surface area contributed by atoms with Crippen molar-refractivity contribution in [3.63, 3.8) is 0 Å². The van der Waals surface area contributed by atoms with Gasteiger partial charge in [-0.2, -0.15) is 0 Å². The van der Waals surface area contributed by atoms with E-state index in [1.165, 1.54) is 4.90 Å². The number of rotatable bonds is 3. The molecule has 0 radical (unpaired) electrons. The van der Waals surface area contributed by atoms with Gasteiger partial charge in [-0.05, 0) is 29.3 Å². The van der Waals surface area contributed by atoms with Crippen LogP contribution in [0.4, 0.5) is 4.79 Å². The predicted octanol–water partition coefficient (Wildman–Crippen LogP) is 4.52. The van der Waals surface area contributed by atoms with Crippen molar-refractivity contribution < 1.29 is 9.53 Å². The van der Waals surface area contributed by atoms with Crippen LogP contribution in [0.25, 0.3) is 0 Å². The Kier molecular flexibility index (Phi) is 4.51. The van der Waals surface area contributed by atoms with Crippen LogP contribution in [0.15, 0.2) is 57.9 Å². The zero-order valence-corrected chi connectivity index (χ0v) is 13.6. The fourth-order valence-corrected chi connectivity index (χ4v) is 3.73. The minimum absolute atomic E-state index is 0.00535. The van der Waals surface area contributed by atoms with E-state index < -0.39 is 0 Å². The second kappa shape index (κ2) is 6.54. The summed E-state index contributed by atoms with van der Waals surface area (Å²) in [5.74, 6) is 0.840. The molecule has 108 valence electrons. The second-order valence-electron chi connectivity index (χ2n) is 4.75. The number of halogens is 1. The zero-order valence-electron chi connectivity index (χ0n) is 11.2. The zero-order chi connectivity index (χ0) is 14.7. The van der Waals surface area contributed by atoms with Gasteiger partial charge in [-0.3, -0.25) is 0 Å². The van der Waals surface area contributed by atoms with E-state index in [4.69, 9.17) is 4.74 Å². The normalized spacial score (nSPS) is 16.3. The Morgan fingerprint density at radius 1 is 1.29 bits per heavy atom. The molecule has 0 aliphatic carbocycles. The number of hydrogen-bond donors (Lipinski definition) is 1. The molecule has 0 saturated carbocycles. The first-order valence-corrected chi connectivity index (χ1v) is 8.40. The van der Waals surface area contributed by atoms with Gasteiger partial charge in [-0.15, -0.1) is 11.8 Å². The maximum absolute atomic E-state index is 11.9. The summed E-state index contributed by atoms with van der Waals surface area (Å²) in [4.78, 5) is 13.1. The third kappa shape index (κ3) is 3.60. The molecule has 5 heteroatoms. The van der Waals surface area contributed by atoms with E-state index in [0.717, 1.165) is 21.4 Å². The number of carbonyl (C=O) groups excluding carboxylic acids is 1. The van der Waals surface area contributed by atoms with Gasteiger partial charge >= 0.3 is 6.09 Å². The third-order valence-electron chi connectivity index (χ3n) is 3.26. The molecule has 0 aromatic heterocycles. The molecule has 1 atom stereocenters. The Hall–Kier alpha value is -1.46. The number of fused-ring (bicyclic) bond motifs is 1. The van der Waals surface area contributed by atoms with E-state index in [1.807, 2.05) is 36.4 Å². The second-order valence-corrected chi connectivity index (χ2v) is 6.73. The number of thioether (sulfide) groups is 1. The summed E-state index contributed by atoms with van der Waals surface area (Å²) in [6, 6.07) is 15.8. The van der Waals surface area contributed by atoms with E-state index in [1.54, 1.807) is 11.8 Å². The van der Waals surface area contributed by atoms with Gasteiger partial charge in [0.2, 0.25) is 0 Å². The number of amides is 1. The first-order chi connectivity index (χ1) is 10.2. The summed E-state index contributed by atoms with van der Waals surface area (Å²) in [5.41, 5.74) is 2.13. The van der Waals surface area contributed by atoms with Crippen LogP contribution in [-0.4, -0.2) is 11.8 Å². The molecular weight excluding hydrogens is 350 g/mol. The van der Waals surface area contributed by atoms with Crippen LogP contribution in [0.1, 0.15) is 17.2 Å². The summed E-state index contributed by atoms with van der Waals surface area (Å²) in [7, 11) is 0. The van der Waals surface area contributed by atoms with Crippen LogP contribution in [0.2, 0.25) is 0 Å². The van der Waals surface area contributed by atoms with Crippen LogP contribution >= 0.6 is 27.7 Å². The fraction of sp³-hybridized carbons (Fsp3) is 0.188. The van der Waals surface area contributed by atoms with E-state index in [0.29, 0.717) is 0 Å². The summed E-state index contributed by atoms with van der Waals surface area (Å²) in [6.07, 6.45) is -0.378. The molecule has 1 N–H and O–H groups in total. The third-order valence-corrected chi connectivity index (χ3v) is 4.93. The molecule has 0 fully saturated rings. The number of nitrogens with one attached hydrogen (secondary N) is 1. The minimum atomic E-state index is -0.378. The van der Waals surface area contributed by atoms with Gasteiger partial charge in [0.05, 0.1) is 6.04 Å². The molecule has 1 unspecified atom stereocenters. The Bertz CT molecular complexity index is 648. The molecule has 0 spiro atoms. The molecule has 3 rings (SSSR count). The highest BCUT2D eigenvalue weighted by molar-refractivity contribution is 9.10. The van der Waals surface area contributed by atoms with E-state index in [2.05, 4.69) is 33.4 Å². The lowest BCUT2D eigenvalue weighted by molar-refractivity contribution is 0.136. The summed E-state index contributed by atoms with van der Waals surface area (Å²) < 4.78 is 6.29. The van der Waals surface area contributed by atoms with Crippen molar-refractivity contribution in [2.75, 3.05) is 5.75 Å². The lowest BCUT2D eigenvalue weighted by Gasteiger charge is -2.13. The van der Waals surface area contributed by atoms with Gasteiger partial charge in [-0.1, -0.05) is 46.3 Å². The molecule has 0 bridgehead atoms.